The van der Waals surface area contributed by atoms with Crippen molar-refractivity contribution >= 4 is 16.6 Å². The molecule has 1 fully saturated rings. The molecule has 5 aromatic rings. The lowest BCUT2D eigenvalue weighted by Gasteiger charge is -2.11. The summed E-state index contributed by atoms with van der Waals surface area (Å²) in [7, 11) is 3.10. The Hall–Kier alpha value is -4.07. The lowest BCUT2D eigenvalue weighted by Crippen LogP contribution is -2.02. The van der Waals surface area contributed by atoms with Crippen LogP contribution in [0.3, 0.4) is 0 Å². The third kappa shape index (κ3) is 3.03. The van der Waals surface area contributed by atoms with Gasteiger partial charge >= 0.3 is 6.01 Å². The second kappa shape index (κ2) is 7.26. The van der Waals surface area contributed by atoms with Gasteiger partial charge in [-0.25, -0.2) is 14.5 Å². The SMILES string of the molecule is COc1ncc(-c2cc([C@H]3C[C@@H]3c3cnc4ccccc4c3)c3nccn3n2)c(OC)n1. The van der Waals surface area contributed by atoms with Crippen molar-refractivity contribution in [2.75, 3.05) is 14.2 Å². The van der Waals surface area contributed by atoms with Crippen molar-refractivity contribution < 1.29 is 9.47 Å². The predicted molar refractivity (Wildman–Crippen MR) is 119 cm³/mol. The first-order valence-corrected chi connectivity index (χ1v) is 10.4. The molecular weight excluding hydrogens is 404 g/mol. The summed E-state index contributed by atoms with van der Waals surface area (Å²) in [5.74, 6) is 1.16. The van der Waals surface area contributed by atoms with Gasteiger partial charge in [-0.2, -0.15) is 10.1 Å². The van der Waals surface area contributed by atoms with Crippen molar-refractivity contribution in [3.05, 3.63) is 72.3 Å². The van der Waals surface area contributed by atoms with Gasteiger partial charge in [0.05, 0.1) is 31.0 Å². The molecule has 0 aliphatic heterocycles. The Labute approximate surface area is 183 Å². The number of nitrogens with zero attached hydrogens (tertiary/aromatic N) is 6. The molecule has 2 atom stereocenters. The zero-order valence-corrected chi connectivity index (χ0v) is 17.6. The van der Waals surface area contributed by atoms with Gasteiger partial charge in [0.1, 0.15) is 0 Å². The van der Waals surface area contributed by atoms with Crippen LogP contribution in [0.5, 0.6) is 11.9 Å². The first kappa shape index (κ1) is 18.7. The molecule has 6 rings (SSSR count). The van der Waals surface area contributed by atoms with Gasteiger partial charge in [-0.1, -0.05) is 18.2 Å². The molecule has 0 bridgehead atoms. The first-order valence-electron chi connectivity index (χ1n) is 10.4. The van der Waals surface area contributed by atoms with Gasteiger partial charge in [0.15, 0.2) is 5.65 Å². The van der Waals surface area contributed by atoms with Crippen LogP contribution in [0, 0.1) is 0 Å². The normalized spacial score (nSPS) is 17.6. The minimum absolute atomic E-state index is 0.251. The first-order chi connectivity index (χ1) is 15.7. The molecule has 32 heavy (non-hydrogen) atoms. The van der Waals surface area contributed by atoms with E-state index in [0.717, 1.165) is 34.2 Å². The molecular formula is C24H20N6O2. The molecule has 0 radical (unpaired) electrons. The molecule has 1 aromatic carbocycles. The Morgan fingerprint density at radius 2 is 1.88 bits per heavy atom. The third-order valence-electron chi connectivity index (χ3n) is 6.00. The Morgan fingerprint density at radius 1 is 0.969 bits per heavy atom. The van der Waals surface area contributed by atoms with E-state index in [1.54, 1.807) is 19.5 Å². The van der Waals surface area contributed by atoms with E-state index in [4.69, 9.17) is 14.6 Å². The number of ether oxygens (including phenoxy) is 2. The summed E-state index contributed by atoms with van der Waals surface area (Å²) in [6.07, 6.45) is 8.35. The zero-order chi connectivity index (χ0) is 21.7. The van der Waals surface area contributed by atoms with Gasteiger partial charge in [0.25, 0.3) is 0 Å². The fourth-order valence-electron chi connectivity index (χ4n) is 4.32. The van der Waals surface area contributed by atoms with Crippen LogP contribution in [0.4, 0.5) is 0 Å². The number of hydrogen-bond acceptors (Lipinski definition) is 7. The maximum Gasteiger partial charge on any atom is 0.319 e. The Kier molecular flexibility index (Phi) is 4.24. The molecule has 4 heterocycles. The fourth-order valence-corrected chi connectivity index (χ4v) is 4.32. The molecule has 1 aliphatic rings. The number of hydrogen-bond donors (Lipinski definition) is 0. The number of para-hydroxylation sites is 1. The Balaban J connectivity index is 1.42. The highest BCUT2D eigenvalue weighted by molar-refractivity contribution is 5.79. The van der Waals surface area contributed by atoms with E-state index >= 15 is 0 Å². The number of aromatic nitrogens is 6. The van der Waals surface area contributed by atoms with Crippen molar-refractivity contribution in [3.63, 3.8) is 0 Å². The maximum absolute atomic E-state index is 5.48. The summed E-state index contributed by atoms with van der Waals surface area (Å²) < 4.78 is 12.4. The number of methoxy groups -OCH3 is 2. The highest BCUT2D eigenvalue weighted by Crippen LogP contribution is 2.55. The summed E-state index contributed by atoms with van der Waals surface area (Å²) in [6, 6.07) is 12.8. The van der Waals surface area contributed by atoms with E-state index in [1.165, 1.54) is 12.7 Å². The van der Waals surface area contributed by atoms with Crippen LogP contribution in [0.2, 0.25) is 0 Å². The van der Waals surface area contributed by atoms with Gasteiger partial charge < -0.3 is 9.47 Å². The van der Waals surface area contributed by atoms with Crippen LogP contribution >= 0.6 is 0 Å². The quantitative estimate of drug-likeness (QED) is 0.421. The predicted octanol–water partition coefficient (Wildman–Crippen LogP) is 4.02. The van der Waals surface area contributed by atoms with Gasteiger partial charge in [-0.3, -0.25) is 4.98 Å². The standard InChI is InChI=1S/C24H20N6O2/c1-31-23-19(13-27-24(28-23)32-2)21-11-18(22-25-7-8-30(22)29-21)17-10-16(17)15-9-14-5-3-4-6-20(14)26-12-15/h3-9,11-13,16-17H,10H2,1-2H3/t16-,17+/m1/s1. The van der Waals surface area contributed by atoms with Gasteiger partial charge in [0.2, 0.25) is 5.88 Å². The largest absolute Gasteiger partial charge is 0.480 e. The summed E-state index contributed by atoms with van der Waals surface area (Å²) in [4.78, 5) is 17.8. The van der Waals surface area contributed by atoms with Crippen LogP contribution in [0.15, 0.2) is 61.2 Å². The van der Waals surface area contributed by atoms with Crippen LogP contribution in [0.25, 0.3) is 27.8 Å². The molecule has 0 amide bonds. The van der Waals surface area contributed by atoms with Gasteiger partial charge in [0, 0.05) is 35.7 Å². The average Bonchev–Trinajstić information content (AvgIpc) is 3.50. The van der Waals surface area contributed by atoms with Crippen LogP contribution in [0.1, 0.15) is 29.4 Å². The molecule has 0 N–H and O–H groups in total. The molecule has 8 nitrogen and oxygen atoms in total. The minimum atomic E-state index is 0.251. The molecule has 158 valence electrons. The van der Waals surface area contributed by atoms with Gasteiger partial charge in [-0.15, -0.1) is 0 Å². The topological polar surface area (TPSA) is 87.3 Å². The Morgan fingerprint density at radius 3 is 2.75 bits per heavy atom. The number of benzene rings is 1. The number of imidazole rings is 1. The zero-order valence-electron chi connectivity index (χ0n) is 17.6. The lowest BCUT2D eigenvalue weighted by atomic mass is 10.0. The average molecular weight is 424 g/mol. The number of rotatable bonds is 5. The summed E-state index contributed by atoms with van der Waals surface area (Å²) in [5, 5.41) is 5.88. The van der Waals surface area contributed by atoms with Crippen molar-refractivity contribution in [2.45, 2.75) is 18.3 Å². The molecule has 0 spiro atoms. The van der Waals surface area contributed by atoms with E-state index in [1.807, 2.05) is 35.1 Å². The number of pyridine rings is 1. The second-order valence-electron chi connectivity index (χ2n) is 7.87. The Bertz CT molecular complexity index is 1460. The van der Waals surface area contributed by atoms with E-state index in [9.17, 15) is 0 Å². The molecule has 1 aliphatic carbocycles. The highest BCUT2D eigenvalue weighted by Gasteiger charge is 2.41. The smallest absolute Gasteiger partial charge is 0.319 e. The van der Waals surface area contributed by atoms with E-state index in [-0.39, 0.29) is 6.01 Å². The van der Waals surface area contributed by atoms with Crippen molar-refractivity contribution in [3.8, 4) is 23.1 Å². The lowest BCUT2D eigenvalue weighted by molar-refractivity contribution is 0.353. The van der Waals surface area contributed by atoms with E-state index in [2.05, 4.69) is 38.1 Å². The van der Waals surface area contributed by atoms with Crippen LogP contribution < -0.4 is 9.47 Å². The van der Waals surface area contributed by atoms with E-state index < -0.39 is 0 Å². The van der Waals surface area contributed by atoms with Crippen molar-refractivity contribution in [1.29, 1.82) is 0 Å². The molecule has 0 saturated heterocycles. The summed E-state index contributed by atoms with van der Waals surface area (Å²) in [5.41, 5.74) is 5.71. The second-order valence-corrected chi connectivity index (χ2v) is 7.87. The molecule has 1 saturated carbocycles. The summed E-state index contributed by atoms with van der Waals surface area (Å²) in [6.45, 7) is 0. The minimum Gasteiger partial charge on any atom is -0.480 e. The molecule has 0 unspecified atom stereocenters. The highest BCUT2D eigenvalue weighted by atomic mass is 16.5. The van der Waals surface area contributed by atoms with E-state index in [0.29, 0.717) is 23.3 Å². The van der Waals surface area contributed by atoms with Crippen molar-refractivity contribution in [2.24, 2.45) is 0 Å². The fraction of sp³-hybridized carbons (Fsp3) is 0.208. The van der Waals surface area contributed by atoms with Crippen LogP contribution in [-0.2, 0) is 0 Å². The van der Waals surface area contributed by atoms with Gasteiger partial charge in [-0.05, 0) is 42.0 Å². The van der Waals surface area contributed by atoms with Crippen molar-refractivity contribution in [1.82, 2.24) is 29.5 Å². The molecule has 4 aromatic heterocycles. The monoisotopic (exact) mass is 424 g/mol. The maximum atomic E-state index is 5.48. The van der Waals surface area contributed by atoms with Crippen LogP contribution in [-0.4, -0.2) is 43.8 Å². The third-order valence-corrected chi connectivity index (χ3v) is 6.00. The summed E-state index contributed by atoms with van der Waals surface area (Å²) >= 11 is 0. The number of fused-ring (bicyclic) bond motifs is 2. The molecule has 8 heteroatoms.